The van der Waals surface area contributed by atoms with E-state index in [1.54, 1.807) is 31.4 Å². The van der Waals surface area contributed by atoms with Crippen LogP contribution in [-0.4, -0.2) is 37.7 Å². The maximum absolute atomic E-state index is 11.9. The van der Waals surface area contributed by atoms with E-state index in [1.807, 2.05) is 0 Å². The fourth-order valence-corrected chi connectivity index (χ4v) is 2.75. The molecule has 2 N–H and O–H groups in total. The summed E-state index contributed by atoms with van der Waals surface area (Å²) in [7, 11) is 1.59. The largest absolute Gasteiger partial charge is 0.452 e. The zero-order chi connectivity index (χ0) is 18.1. The third-order valence-corrected chi connectivity index (χ3v) is 4.03. The van der Waals surface area contributed by atoms with Gasteiger partial charge in [0.25, 0.3) is 5.91 Å². The molecule has 1 saturated carbocycles. The normalized spacial score (nSPS) is 14.6. The molecule has 0 aromatic heterocycles. The molecule has 1 aliphatic carbocycles. The molecule has 7 heteroatoms. The fourth-order valence-electron chi connectivity index (χ4n) is 2.75. The van der Waals surface area contributed by atoms with E-state index in [2.05, 4.69) is 10.6 Å². The zero-order valence-corrected chi connectivity index (χ0v) is 14.4. The van der Waals surface area contributed by atoms with E-state index < -0.39 is 24.5 Å². The van der Waals surface area contributed by atoms with Crippen LogP contribution in [0.2, 0.25) is 0 Å². The van der Waals surface area contributed by atoms with E-state index in [-0.39, 0.29) is 6.04 Å². The minimum Gasteiger partial charge on any atom is -0.452 e. The van der Waals surface area contributed by atoms with Crippen LogP contribution in [-0.2, 0) is 20.9 Å². The zero-order valence-electron chi connectivity index (χ0n) is 14.4. The minimum atomic E-state index is -0.655. The lowest BCUT2D eigenvalue weighted by Gasteiger charge is -2.22. The molecule has 1 aromatic carbocycles. The Kier molecular flexibility index (Phi) is 7.40. The van der Waals surface area contributed by atoms with Crippen molar-refractivity contribution in [3.05, 3.63) is 35.4 Å². The van der Waals surface area contributed by atoms with Crippen molar-refractivity contribution >= 4 is 17.9 Å². The summed E-state index contributed by atoms with van der Waals surface area (Å²) >= 11 is 0. The number of carbonyl (C=O) groups excluding carboxylic acids is 3. The van der Waals surface area contributed by atoms with Crippen LogP contribution in [0.15, 0.2) is 24.3 Å². The Morgan fingerprint density at radius 3 is 2.40 bits per heavy atom. The second-order valence-electron chi connectivity index (χ2n) is 6.06. The average Bonchev–Trinajstić information content (AvgIpc) is 2.61. The standard InChI is InChI=1S/C18H24N2O5/c1-24-11-13-7-9-14(10-8-13)17(22)25-12-16(21)20-18(23)19-15-5-3-2-4-6-15/h7-10,15H,2-6,11-12H2,1H3,(H2,19,20,21,23). The van der Waals surface area contributed by atoms with Gasteiger partial charge in [-0.05, 0) is 30.5 Å². The Hall–Kier alpha value is -2.41. The molecule has 7 nitrogen and oxygen atoms in total. The Labute approximate surface area is 147 Å². The molecule has 0 radical (unpaired) electrons. The highest BCUT2D eigenvalue weighted by atomic mass is 16.5. The first-order valence-corrected chi connectivity index (χ1v) is 8.44. The van der Waals surface area contributed by atoms with Crippen molar-refractivity contribution in [2.24, 2.45) is 0 Å². The Balaban J connectivity index is 1.71. The maximum Gasteiger partial charge on any atom is 0.338 e. The number of urea groups is 1. The molecule has 0 bridgehead atoms. The Morgan fingerprint density at radius 1 is 1.08 bits per heavy atom. The molecular weight excluding hydrogens is 324 g/mol. The molecule has 3 amide bonds. The summed E-state index contributed by atoms with van der Waals surface area (Å²) in [5.74, 6) is -1.27. The first-order valence-electron chi connectivity index (χ1n) is 8.44. The predicted octanol–water partition coefficient (Wildman–Crippen LogP) is 2.15. The van der Waals surface area contributed by atoms with Crippen molar-refractivity contribution in [3.8, 4) is 0 Å². The van der Waals surface area contributed by atoms with Gasteiger partial charge in [0, 0.05) is 13.2 Å². The van der Waals surface area contributed by atoms with Gasteiger partial charge in [-0.15, -0.1) is 0 Å². The van der Waals surface area contributed by atoms with Crippen molar-refractivity contribution in [2.75, 3.05) is 13.7 Å². The fraction of sp³-hybridized carbons (Fsp3) is 0.500. The lowest BCUT2D eigenvalue weighted by Crippen LogP contribution is -2.46. The molecule has 0 unspecified atom stereocenters. The molecule has 0 spiro atoms. The number of nitrogens with one attached hydrogen (secondary N) is 2. The van der Waals surface area contributed by atoms with E-state index in [4.69, 9.17) is 9.47 Å². The summed E-state index contributed by atoms with van der Waals surface area (Å²) in [6.45, 7) is -0.0510. The quantitative estimate of drug-likeness (QED) is 0.768. The molecule has 25 heavy (non-hydrogen) atoms. The van der Waals surface area contributed by atoms with Crippen molar-refractivity contribution in [3.63, 3.8) is 0 Å². The molecule has 0 atom stereocenters. The van der Waals surface area contributed by atoms with Crippen LogP contribution in [0.25, 0.3) is 0 Å². The first kappa shape index (κ1) is 18.9. The maximum atomic E-state index is 11.9. The number of carbonyl (C=O) groups is 3. The molecule has 0 heterocycles. The number of benzene rings is 1. The Morgan fingerprint density at radius 2 is 1.76 bits per heavy atom. The predicted molar refractivity (Wildman–Crippen MR) is 91.0 cm³/mol. The second kappa shape index (κ2) is 9.78. The lowest BCUT2D eigenvalue weighted by atomic mass is 9.96. The summed E-state index contributed by atoms with van der Waals surface area (Å²) in [6, 6.07) is 6.26. The van der Waals surface area contributed by atoms with E-state index in [0.29, 0.717) is 12.2 Å². The molecule has 0 aliphatic heterocycles. The minimum absolute atomic E-state index is 0.106. The summed E-state index contributed by atoms with van der Waals surface area (Å²) in [4.78, 5) is 35.3. The van der Waals surface area contributed by atoms with Gasteiger partial charge in [0.15, 0.2) is 6.61 Å². The number of imide groups is 1. The van der Waals surface area contributed by atoms with E-state index in [1.165, 1.54) is 6.42 Å². The van der Waals surface area contributed by atoms with Gasteiger partial charge >= 0.3 is 12.0 Å². The van der Waals surface area contributed by atoms with Crippen molar-refractivity contribution in [1.82, 2.24) is 10.6 Å². The summed E-state index contributed by atoms with van der Waals surface area (Å²) < 4.78 is 9.91. The average molecular weight is 348 g/mol. The summed E-state index contributed by atoms with van der Waals surface area (Å²) in [5, 5.41) is 4.94. The van der Waals surface area contributed by atoms with Crippen molar-refractivity contribution in [2.45, 2.75) is 44.8 Å². The highest BCUT2D eigenvalue weighted by molar-refractivity contribution is 5.97. The summed E-state index contributed by atoms with van der Waals surface area (Å²) in [6.07, 6.45) is 5.20. The van der Waals surface area contributed by atoms with E-state index >= 15 is 0 Å². The third-order valence-electron chi connectivity index (χ3n) is 4.03. The van der Waals surface area contributed by atoms with Crippen molar-refractivity contribution < 1.29 is 23.9 Å². The van der Waals surface area contributed by atoms with Gasteiger partial charge in [-0.3, -0.25) is 10.1 Å². The van der Waals surface area contributed by atoms with Crippen LogP contribution in [0.3, 0.4) is 0 Å². The van der Waals surface area contributed by atoms with Gasteiger partial charge in [0.2, 0.25) is 0 Å². The monoisotopic (exact) mass is 348 g/mol. The number of amides is 3. The van der Waals surface area contributed by atoms with Crippen LogP contribution < -0.4 is 10.6 Å². The highest BCUT2D eigenvalue weighted by Gasteiger charge is 2.17. The smallest absolute Gasteiger partial charge is 0.338 e. The molecule has 1 aromatic rings. The second-order valence-corrected chi connectivity index (χ2v) is 6.06. The van der Waals surface area contributed by atoms with Gasteiger partial charge in [0.1, 0.15) is 0 Å². The van der Waals surface area contributed by atoms with Gasteiger partial charge in [-0.2, -0.15) is 0 Å². The van der Waals surface area contributed by atoms with Gasteiger partial charge in [0.05, 0.1) is 12.2 Å². The molecule has 0 saturated heterocycles. The van der Waals surface area contributed by atoms with E-state index in [0.717, 1.165) is 31.2 Å². The molecule has 136 valence electrons. The molecule has 2 rings (SSSR count). The van der Waals surface area contributed by atoms with Crippen molar-refractivity contribution in [1.29, 1.82) is 0 Å². The molecular formula is C18H24N2O5. The van der Waals surface area contributed by atoms with Crippen LogP contribution in [0, 0.1) is 0 Å². The van der Waals surface area contributed by atoms with Gasteiger partial charge < -0.3 is 14.8 Å². The molecule has 1 aliphatic rings. The lowest BCUT2D eigenvalue weighted by molar-refractivity contribution is -0.123. The van der Waals surface area contributed by atoms with Crippen LogP contribution in [0.5, 0.6) is 0 Å². The van der Waals surface area contributed by atoms with E-state index in [9.17, 15) is 14.4 Å². The van der Waals surface area contributed by atoms with Crippen LogP contribution in [0.1, 0.15) is 48.0 Å². The Bertz CT molecular complexity index is 594. The number of rotatable bonds is 6. The third kappa shape index (κ3) is 6.54. The summed E-state index contributed by atoms with van der Waals surface area (Å²) in [5.41, 5.74) is 1.26. The van der Waals surface area contributed by atoms with Gasteiger partial charge in [-0.25, -0.2) is 9.59 Å². The van der Waals surface area contributed by atoms with Crippen LogP contribution in [0.4, 0.5) is 4.79 Å². The number of hydrogen-bond donors (Lipinski definition) is 2. The highest BCUT2D eigenvalue weighted by Crippen LogP contribution is 2.17. The topological polar surface area (TPSA) is 93.7 Å². The van der Waals surface area contributed by atoms with Crippen LogP contribution >= 0.6 is 0 Å². The number of esters is 1. The molecule has 1 fully saturated rings. The number of ether oxygens (including phenoxy) is 2. The SMILES string of the molecule is COCc1ccc(C(=O)OCC(=O)NC(=O)NC2CCCCC2)cc1. The first-order chi connectivity index (χ1) is 12.1. The number of hydrogen-bond acceptors (Lipinski definition) is 5. The van der Waals surface area contributed by atoms with Gasteiger partial charge in [-0.1, -0.05) is 31.4 Å². The number of methoxy groups -OCH3 is 1.